The van der Waals surface area contributed by atoms with Crippen molar-refractivity contribution in [2.45, 2.75) is 30.8 Å². The van der Waals surface area contributed by atoms with Gasteiger partial charge in [-0.3, -0.25) is 0 Å². The fraction of sp³-hybridized carbons (Fsp3) is 0.292. The lowest BCUT2D eigenvalue weighted by atomic mass is 10.1. The summed E-state index contributed by atoms with van der Waals surface area (Å²) in [7, 11) is -3.84. The largest absolute Gasteiger partial charge is 0.485 e. The minimum atomic E-state index is -3.84. The van der Waals surface area contributed by atoms with E-state index in [1.807, 2.05) is 6.92 Å². The summed E-state index contributed by atoms with van der Waals surface area (Å²) in [6, 6.07) is 10.3. The maximum atomic E-state index is 13.3. The molecule has 0 saturated carbocycles. The van der Waals surface area contributed by atoms with Crippen molar-refractivity contribution < 1.29 is 17.9 Å². The molecule has 0 N–H and O–H groups in total. The highest BCUT2D eigenvalue weighted by molar-refractivity contribution is 7.90. The van der Waals surface area contributed by atoms with E-state index in [-0.39, 0.29) is 27.8 Å². The first kappa shape index (κ1) is 22.3. The van der Waals surface area contributed by atoms with Crippen LogP contribution in [0.4, 0.5) is 5.82 Å². The Morgan fingerprint density at radius 3 is 2.66 bits per heavy atom. The van der Waals surface area contributed by atoms with Crippen molar-refractivity contribution >= 4 is 38.5 Å². The molecule has 2 aliphatic heterocycles. The summed E-state index contributed by atoms with van der Waals surface area (Å²) in [6.07, 6.45) is 3.05. The molecule has 0 spiro atoms. The van der Waals surface area contributed by atoms with Crippen molar-refractivity contribution in [1.29, 1.82) is 0 Å². The van der Waals surface area contributed by atoms with Gasteiger partial charge < -0.3 is 14.4 Å². The van der Waals surface area contributed by atoms with Crippen LogP contribution in [-0.4, -0.2) is 59.2 Å². The molecule has 6 rings (SSSR count). The zero-order valence-electron chi connectivity index (χ0n) is 19.1. The number of benzene rings is 1. The number of aromatic nitrogens is 4. The van der Waals surface area contributed by atoms with Crippen molar-refractivity contribution in [2.75, 3.05) is 24.7 Å². The van der Waals surface area contributed by atoms with Crippen LogP contribution in [0.25, 0.3) is 22.4 Å². The number of rotatable bonds is 3. The van der Waals surface area contributed by atoms with Crippen molar-refractivity contribution in [3.63, 3.8) is 0 Å². The highest BCUT2D eigenvalue weighted by atomic mass is 35.5. The lowest BCUT2D eigenvalue weighted by Gasteiger charge is -2.44. The number of hydrogen-bond donors (Lipinski definition) is 0. The molecule has 0 radical (unpaired) electrons. The second-order valence-corrected chi connectivity index (χ2v) is 10.9. The van der Waals surface area contributed by atoms with Gasteiger partial charge in [0.25, 0.3) is 10.0 Å². The predicted octanol–water partition coefficient (Wildman–Crippen LogP) is 3.68. The van der Waals surface area contributed by atoms with Gasteiger partial charge in [-0.1, -0.05) is 29.3 Å². The van der Waals surface area contributed by atoms with Gasteiger partial charge in [0.05, 0.1) is 30.2 Å². The predicted molar refractivity (Wildman–Crippen MR) is 132 cm³/mol. The van der Waals surface area contributed by atoms with Crippen LogP contribution < -0.4 is 9.64 Å². The summed E-state index contributed by atoms with van der Waals surface area (Å²) in [6.45, 7) is 5.53. The molecule has 3 aromatic heterocycles. The summed E-state index contributed by atoms with van der Waals surface area (Å²) in [4.78, 5) is 16.1. The second-order valence-electron chi connectivity index (χ2n) is 8.77. The van der Waals surface area contributed by atoms with E-state index in [0.717, 1.165) is 5.56 Å². The maximum absolute atomic E-state index is 13.3. The molecule has 11 heteroatoms. The van der Waals surface area contributed by atoms with E-state index in [1.165, 1.54) is 10.2 Å². The fourth-order valence-electron chi connectivity index (χ4n) is 4.64. The van der Waals surface area contributed by atoms with E-state index in [1.54, 1.807) is 42.6 Å². The molecule has 2 atom stereocenters. The number of aryl methyl sites for hydroxylation is 1. The zero-order chi connectivity index (χ0) is 24.3. The van der Waals surface area contributed by atoms with Gasteiger partial charge in [-0.2, -0.15) is 0 Å². The zero-order valence-corrected chi connectivity index (χ0v) is 20.6. The number of anilines is 1. The SMILES string of the molecule is Cc1ccc(S(=O)(=O)n2ccc3c(-c4nc(Cl)c5c(n4)N4[C@@H](COC[C@H]4C)CO5)ccnc32)cc1. The van der Waals surface area contributed by atoms with E-state index in [2.05, 4.69) is 21.8 Å². The molecular weight excluding hydrogens is 490 g/mol. The topological polar surface area (TPSA) is 99.4 Å². The third-order valence-electron chi connectivity index (χ3n) is 6.38. The number of fused-ring (bicyclic) bond motifs is 4. The molecule has 0 amide bonds. The third kappa shape index (κ3) is 3.55. The molecule has 2 aliphatic rings. The van der Waals surface area contributed by atoms with Crippen LogP contribution in [0, 0.1) is 6.92 Å². The lowest BCUT2D eigenvalue weighted by molar-refractivity contribution is 0.0487. The first-order valence-electron chi connectivity index (χ1n) is 11.2. The smallest absolute Gasteiger partial charge is 0.269 e. The van der Waals surface area contributed by atoms with Crippen LogP contribution in [0.2, 0.25) is 5.15 Å². The Kier molecular flexibility index (Phi) is 5.21. The maximum Gasteiger partial charge on any atom is 0.269 e. The Morgan fingerprint density at radius 2 is 1.86 bits per heavy atom. The Labute approximate surface area is 207 Å². The highest BCUT2D eigenvalue weighted by Crippen LogP contribution is 2.41. The first-order valence-corrected chi connectivity index (χ1v) is 13.0. The number of hydrogen-bond acceptors (Lipinski definition) is 8. The molecule has 1 fully saturated rings. The van der Waals surface area contributed by atoms with Gasteiger partial charge in [0.2, 0.25) is 0 Å². The first-order chi connectivity index (χ1) is 16.8. The van der Waals surface area contributed by atoms with Crippen LogP contribution in [0.15, 0.2) is 53.7 Å². The summed E-state index contributed by atoms with van der Waals surface area (Å²) in [5.41, 5.74) is 1.89. The summed E-state index contributed by atoms with van der Waals surface area (Å²) in [5, 5.41) is 0.807. The summed E-state index contributed by atoms with van der Waals surface area (Å²) < 4.78 is 39.4. The summed E-state index contributed by atoms with van der Waals surface area (Å²) in [5.74, 6) is 1.43. The van der Waals surface area contributed by atoms with Gasteiger partial charge >= 0.3 is 0 Å². The molecule has 1 aromatic carbocycles. The normalized spacial score (nSPS) is 19.8. The highest BCUT2D eigenvalue weighted by Gasteiger charge is 2.37. The molecule has 180 valence electrons. The molecule has 4 aromatic rings. The fourth-order valence-corrected chi connectivity index (χ4v) is 6.16. The second kappa shape index (κ2) is 8.18. The minimum Gasteiger partial charge on any atom is -0.485 e. The van der Waals surface area contributed by atoms with E-state index in [9.17, 15) is 8.42 Å². The standard InChI is InChI=1S/C24H22ClN5O4S/c1-14-3-5-17(6-4-14)35(31,32)29-10-8-19-18(7-9-26-23(19)29)22-27-21(25)20-24(28-22)30-15(2)11-33-12-16(30)13-34-20/h3-10,15-16H,11-13H2,1-2H3/t15-,16+/m1/s1. The lowest BCUT2D eigenvalue weighted by Crippen LogP contribution is -2.56. The molecular formula is C24H22ClN5O4S. The van der Waals surface area contributed by atoms with Crippen LogP contribution in [0.5, 0.6) is 5.75 Å². The molecule has 0 aliphatic carbocycles. The molecule has 0 unspecified atom stereocenters. The average molecular weight is 512 g/mol. The Morgan fingerprint density at radius 1 is 1.06 bits per heavy atom. The third-order valence-corrected chi connectivity index (χ3v) is 8.32. The van der Waals surface area contributed by atoms with Crippen LogP contribution in [0.1, 0.15) is 12.5 Å². The van der Waals surface area contributed by atoms with Gasteiger partial charge in [0, 0.05) is 23.3 Å². The van der Waals surface area contributed by atoms with Crippen molar-refractivity contribution in [1.82, 2.24) is 18.9 Å². The van der Waals surface area contributed by atoms with Crippen molar-refractivity contribution in [2.24, 2.45) is 0 Å². The van der Waals surface area contributed by atoms with E-state index >= 15 is 0 Å². The molecule has 0 bridgehead atoms. The van der Waals surface area contributed by atoms with E-state index in [0.29, 0.717) is 48.2 Å². The number of morpholine rings is 1. The van der Waals surface area contributed by atoms with Gasteiger partial charge in [0.15, 0.2) is 28.2 Å². The quantitative estimate of drug-likeness (QED) is 0.384. The van der Waals surface area contributed by atoms with Gasteiger partial charge in [-0.15, -0.1) is 0 Å². The van der Waals surface area contributed by atoms with Crippen LogP contribution in [-0.2, 0) is 14.8 Å². The molecule has 9 nitrogen and oxygen atoms in total. The summed E-state index contributed by atoms with van der Waals surface area (Å²) >= 11 is 6.55. The molecule has 1 saturated heterocycles. The Bertz CT molecular complexity index is 1550. The Balaban J connectivity index is 1.49. The average Bonchev–Trinajstić information content (AvgIpc) is 3.29. The minimum absolute atomic E-state index is 0.0308. The number of ether oxygens (including phenoxy) is 2. The van der Waals surface area contributed by atoms with Crippen molar-refractivity contribution in [3.05, 3.63) is 59.5 Å². The van der Waals surface area contributed by atoms with E-state index < -0.39 is 10.0 Å². The molecule has 35 heavy (non-hydrogen) atoms. The van der Waals surface area contributed by atoms with Crippen LogP contribution in [0.3, 0.4) is 0 Å². The van der Waals surface area contributed by atoms with Crippen molar-refractivity contribution in [3.8, 4) is 17.1 Å². The number of halogens is 1. The Hall–Kier alpha value is -3.21. The van der Waals surface area contributed by atoms with Gasteiger partial charge in [0.1, 0.15) is 6.61 Å². The van der Waals surface area contributed by atoms with Crippen LogP contribution >= 0.6 is 11.6 Å². The molecule has 5 heterocycles. The van der Waals surface area contributed by atoms with E-state index in [4.69, 9.17) is 26.1 Å². The number of pyridine rings is 1. The van der Waals surface area contributed by atoms with Gasteiger partial charge in [-0.05, 0) is 38.1 Å². The van der Waals surface area contributed by atoms with Gasteiger partial charge in [-0.25, -0.2) is 27.3 Å². The monoisotopic (exact) mass is 511 g/mol. The number of nitrogens with zero attached hydrogens (tertiary/aromatic N) is 5.